The summed E-state index contributed by atoms with van der Waals surface area (Å²) in [4.78, 5) is 37.5. The molecule has 2 heterocycles. The summed E-state index contributed by atoms with van der Waals surface area (Å²) in [6, 6.07) is 4.98. The largest absolute Gasteiger partial charge is 0.376 e. The average Bonchev–Trinajstić information content (AvgIpc) is 3.12. The molecule has 2 aliphatic rings. The molecule has 3 amide bonds. The highest BCUT2D eigenvalue weighted by Crippen LogP contribution is 2.26. The molecule has 0 saturated carbocycles. The predicted molar refractivity (Wildman–Crippen MR) is 86.1 cm³/mol. The normalized spacial score (nSPS) is 20.0. The number of hydrogen-bond acceptors (Lipinski definition) is 4. The van der Waals surface area contributed by atoms with Crippen LogP contribution >= 0.6 is 15.9 Å². The third kappa shape index (κ3) is 3.45. The first-order valence-corrected chi connectivity index (χ1v) is 8.39. The van der Waals surface area contributed by atoms with Crippen LogP contribution in [-0.4, -0.2) is 48.4 Å². The highest BCUT2D eigenvalue weighted by atomic mass is 79.9. The van der Waals surface area contributed by atoms with E-state index in [1.54, 1.807) is 18.2 Å². The first kappa shape index (κ1) is 16.1. The van der Waals surface area contributed by atoms with Crippen LogP contribution in [0.15, 0.2) is 22.7 Å². The van der Waals surface area contributed by atoms with Gasteiger partial charge in [-0.3, -0.25) is 19.3 Å². The number of benzene rings is 1. The molecule has 122 valence electrons. The van der Waals surface area contributed by atoms with Gasteiger partial charge in [-0.25, -0.2) is 0 Å². The number of amides is 3. The standard InChI is InChI=1S/C16H17BrN2O4/c17-10-3-4-12-13(8-10)16(22)19(15(12)21)6-5-14(20)18-9-11-2-1-7-23-11/h3-4,8,11H,1-2,5-7,9H2,(H,18,20)/t11-/m0/s1. The summed E-state index contributed by atoms with van der Waals surface area (Å²) >= 11 is 3.29. The third-order valence-corrected chi connectivity index (χ3v) is 4.54. The molecule has 7 heteroatoms. The van der Waals surface area contributed by atoms with E-state index in [1.807, 2.05) is 0 Å². The second-order valence-corrected chi connectivity index (χ2v) is 6.56. The molecular formula is C16H17BrN2O4. The Hall–Kier alpha value is -1.73. The van der Waals surface area contributed by atoms with Gasteiger partial charge in [-0.15, -0.1) is 0 Å². The third-order valence-electron chi connectivity index (χ3n) is 4.05. The molecule has 1 N–H and O–H groups in total. The minimum Gasteiger partial charge on any atom is -0.376 e. The van der Waals surface area contributed by atoms with Gasteiger partial charge < -0.3 is 10.1 Å². The number of nitrogens with zero attached hydrogens (tertiary/aromatic N) is 1. The van der Waals surface area contributed by atoms with Crippen LogP contribution in [0.5, 0.6) is 0 Å². The zero-order chi connectivity index (χ0) is 16.4. The summed E-state index contributed by atoms with van der Waals surface area (Å²) in [5.41, 5.74) is 0.766. The van der Waals surface area contributed by atoms with Gasteiger partial charge in [0.05, 0.1) is 17.2 Å². The van der Waals surface area contributed by atoms with Gasteiger partial charge in [0.2, 0.25) is 5.91 Å². The second-order valence-electron chi connectivity index (χ2n) is 5.64. The molecule has 0 bridgehead atoms. The smallest absolute Gasteiger partial charge is 0.261 e. The molecule has 0 unspecified atom stereocenters. The van der Waals surface area contributed by atoms with E-state index < -0.39 is 0 Å². The molecule has 0 radical (unpaired) electrons. The van der Waals surface area contributed by atoms with Crippen LogP contribution in [0.1, 0.15) is 40.0 Å². The fourth-order valence-corrected chi connectivity index (χ4v) is 3.16. The fraction of sp³-hybridized carbons (Fsp3) is 0.438. The number of fused-ring (bicyclic) bond motifs is 1. The molecule has 1 atom stereocenters. The summed E-state index contributed by atoms with van der Waals surface area (Å²) in [6.07, 6.45) is 2.15. The Kier molecular flexibility index (Phi) is 4.77. The number of hydrogen-bond donors (Lipinski definition) is 1. The highest BCUT2D eigenvalue weighted by molar-refractivity contribution is 9.10. The van der Waals surface area contributed by atoms with E-state index >= 15 is 0 Å². The molecule has 1 aromatic rings. The van der Waals surface area contributed by atoms with Gasteiger partial charge in [-0.2, -0.15) is 0 Å². The topological polar surface area (TPSA) is 75.7 Å². The van der Waals surface area contributed by atoms with Crippen molar-refractivity contribution in [3.8, 4) is 0 Å². The van der Waals surface area contributed by atoms with Gasteiger partial charge in [-0.05, 0) is 31.0 Å². The number of carbonyl (C=O) groups excluding carboxylic acids is 3. The Morgan fingerprint density at radius 1 is 1.30 bits per heavy atom. The number of halogens is 1. The lowest BCUT2D eigenvalue weighted by molar-refractivity contribution is -0.121. The summed E-state index contributed by atoms with van der Waals surface area (Å²) < 4.78 is 6.18. The van der Waals surface area contributed by atoms with E-state index in [1.165, 1.54) is 0 Å². The molecule has 0 spiro atoms. The van der Waals surface area contributed by atoms with E-state index in [9.17, 15) is 14.4 Å². The predicted octanol–water partition coefficient (Wildman–Crippen LogP) is 1.73. The maximum atomic E-state index is 12.3. The Morgan fingerprint density at radius 2 is 2.09 bits per heavy atom. The Labute approximate surface area is 142 Å². The van der Waals surface area contributed by atoms with E-state index in [2.05, 4.69) is 21.2 Å². The van der Waals surface area contributed by atoms with Crippen molar-refractivity contribution in [2.45, 2.75) is 25.4 Å². The quantitative estimate of drug-likeness (QED) is 0.789. The summed E-state index contributed by atoms with van der Waals surface area (Å²) in [5.74, 6) is -0.874. The van der Waals surface area contributed by atoms with Crippen molar-refractivity contribution in [3.63, 3.8) is 0 Å². The van der Waals surface area contributed by atoms with Gasteiger partial charge in [0.25, 0.3) is 11.8 Å². The van der Waals surface area contributed by atoms with Crippen LogP contribution < -0.4 is 5.32 Å². The highest BCUT2D eigenvalue weighted by Gasteiger charge is 2.35. The molecule has 0 aromatic heterocycles. The zero-order valence-corrected chi connectivity index (χ0v) is 14.1. The molecular weight excluding hydrogens is 364 g/mol. The van der Waals surface area contributed by atoms with Crippen LogP contribution in [-0.2, 0) is 9.53 Å². The van der Waals surface area contributed by atoms with Crippen molar-refractivity contribution in [3.05, 3.63) is 33.8 Å². The monoisotopic (exact) mass is 380 g/mol. The molecule has 1 aromatic carbocycles. The first-order chi connectivity index (χ1) is 11.1. The number of rotatable bonds is 5. The van der Waals surface area contributed by atoms with E-state index in [0.29, 0.717) is 17.7 Å². The fourth-order valence-electron chi connectivity index (χ4n) is 2.80. The van der Waals surface area contributed by atoms with Crippen molar-refractivity contribution >= 4 is 33.7 Å². The minimum atomic E-state index is -0.349. The average molecular weight is 381 g/mol. The second kappa shape index (κ2) is 6.80. The van der Waals surface area contributed by atoms with Gasteiger partial charge in [0.1, 0.15) is 0 Å². The SMILES string of the molecule is O=C(CCN1C(=O)c2ccc(Br)cc2C1=O)NC[C@@H]1CCCO1. The van der Waals surface area contributed by atoms with Crippen LogP contribution in [0.3, 0.4) is 0 Å². The van der Waals surface area contributed by atoms with Gasteiger partial charge >= 0.3 is 0 Å². The zero-order valence-electron chi connectivity index (χ0n) is 12.5. The lowest BCUT2D eigenvalue weighted by Crippen LogP contribution is -2.36. The summed E-state index contributed by atoms with van der Waals surface area (Å²) in [7, 11) is 0. The first-order valence-electron chi connectivity index (χ1n) is 7.60. The molecule has 23 heavy (non-hydrogen) atoms. The molecule has 2 aliphatic heterocycles. The van der Waals surface area contributed by atoms with Crippen molar-refractivity contribution < 1.29 is 19.1 Å². The summed E-state index contributed by atoms with van der Waals surface area (Å²) in [5, 5.41) is 2.79. The van der Waals surface area contributed by atoms with Gasteiger partial charge in [-0.1, -0.05) is 15.9 Å². The number of imide groups is 1. The lowest BCUT2D eigenvalue weighted by atomic mass is 10.1. The lowest BCUT2D eigenvalue weighted by Gasteiger charge is -2.14. The van der Waals surface area contributed by atoms with E-state index in [-0.39, 0.29) is 36.8 Å². The van der Waals surface area contributed by atoms with Crippen LogP contribution in [0.25, 0.3) is 0 Å². The molecule has 0 aliphatic carbocycles. The van der Waals surface area contributed by atoms with Crippen molar-refractivity contribution in [2.24, 2.45) is 0 Å². The summed E-state index contributed by atoms with van der Waals surface area (Å²) in [6.45, 7) is 1.31. The van der Waals surface area contributed by atoms with Crippen molar-refractivity contribution in [1.82, 2.24) is 10.2 Å². The molecule has 6 nitrogen and oxygen atoms in total. The van der Waals surface area contributed by atoms with Crippen LogP contribution in [0.2, 0.25) is 0 Å². The number of nitrogens with one attached hydrogen (secondary N) is 1. The number of ether oxygens (including phenoxy) is 1. The minimum absolute atomic E-state index is 0.0793. The van der Waals surface area contributed by atoms with Crippen molar-refractivity contribution in [2.75, 3.05) is 19.7 Å². The van der Waals surface area contributed by atoms with Gasteiger partial charge in [0.15, 0.2) is 0 Å². The van der Waals surface area contributed by atoms with Gasteiger partial charge in [0, 0.05) is 30.6 Å². The van der Waals surface area contributed by atoms with E-state index in [4.69, 9.17) is 4.74 Å². The Bertz CT molecular complexity index is 655. The maximum Gasteiger partial charge on any atom is 0.261 e. The molecule has 1 saturated heterocycles. The Morgan fingerprint density at radius 3 is 2.83 bits per heavy atom. The maximum absolute atomic E-state index is 12.3. The van der Waals surface area contributed by atoms with Crippen LogP contribution in [0, 0.1) is 0 Å². The number of carbonyl (C=O) groups is 3. The molecule has 1 fully saturated rings. The Balaban J connectivity index is 1.53. The van der Waals surface area contributed by atoms with Crippen LogP contribution in [0.4, 0.5) is 0 Å². The molecule has 3 rings (SSSR count). The van der Waals surface area contributed by atoms with Crippen molar-refractivity contribution in [1.29, 1.82) is 0 Å². The van der Waals surface area contributed by atoms with E-state index in [0.717, 1.165) is 28.8 Å².